The molecular weight excluding hydrogens is 218 g/mol. The molecule has 0 aromatic carbocycles. The van der Waals surface area contributed by atoms with Crippen LogP contribution in [0, 0.1) is 0 Å². The van der Waals surface area contributed by atoms with Crippen LogP contribution in [-0.4, -0.2) is 42.9 Å². The number of hydrogen-bond acceptors (Lipinski definition) is 4. The van der Waals surface area contributed by atoms with E-state index in [1.54, 1.807) is 19.1 Å². The number of ether oxygens (including phenoxy) is 1. The van der Waals surface area contributed by atoms with Crippen LogP contribution in [0.5, 0.6) is 0 Å². The second kappa shape index (κ2) is 9.78. The lowest BCUT2D eigenvalue weighted by molar-refractivity contribution is -0.143. The molecule has 0 unspecified atom stereocenters. The maximum absolute atomic E-state index is 11.2. The first-order valence-electron chi connectivity index (χ1n) is 5.76. The highest BCUT2D eigenvalue weighted by Gasteiger charge is 2.17. The zero-order chi connectivity index (χ0) is 13.1. The lowest BCUT2D eigenvalue weighted by Crippen LogP contribution is -2.37. The molecule has 0 bridgehead atoms. The molecule has 17 heavy (non-hydrogen) atoms. The summed E-state index contributed by atoms with van der Waals surface area (Å²) >= 11 is 0. The molecule has 0 rings (SSSR count). The second-order valence-corrected chi connectivity index (χ2v) is 3.58. The Kier molecular flexibility index (Phi) is 8.96. The summed E-state index contributed by atoms with van der Waals surface area (Å²) in [5.41, 5.74) is 0. The summed E-state index contributed by atoms with van der Waals surface area (Å²) in [6.07, 6.45) is 5.02. The number of nitrogens with zero attached hydrogens (tertiary/aromatic N) is 1. The molecule has 0 amide bonds. The van der Waals surface area contributed by atoms with Gasteiger partial charge in [0.1, 0.15) is 6.29 Å². The van der Waals surface area contributed by atoms with Gasteiger partial charge in [-0.2, -0.15) is 0 Å². The van der Waals surface area contributed by atoms with Crippen molar-refractivity contribution in [3.8, 4) is 0 Å². The Morgan fingerprint density at radius 2 is 1.94 bits per heavy atom. The van der Waals surface area contributed by atoms with E-state index in [1.807, 2.05) is 4.90 Å². The molecule has 0 aromatic heterocycles. The van der Waals surface area contributed by atoms with E-state index in [9.17, 15) is 9.59 Å². The molecule has 4 heteroatoms. The molecule has 0 saturated heterocycles. The Hall–Kier alpha value is -1.42. The van der Waals surface area contributed by atoms with E-state index >= 15 is 0 Å². The van der Waals surface area contributed by atoms with Crippen molar-refractivity contribution in [2.45, 2.75) is 25.8 Å². The first kappa shape index (κ1) is 15.6. The first-order chi connectivity index (χ1) is 8.19. The van der Waals surface area contributed by atoms with Gasteiger partial charge >= 0.3 is 5.97 Å². The molecule has 0 aromatic rings. The fraction of sp³-hybridized carbons (Fsp3) is 0.538. The van der Waals surface area contributed by atoms with Gasteiger partial charge in [-0.05, 0) is 13.3 Å². The molecule has 0 saturated carbocycles. The maximum Gasteiger partial charge on any atom is 0.305 e. The van der Waals surface area contributed by atoms with Gasteiger partial charge in [0.15, 0.2) is 0 Å². The first-order valence-corrected chi connectivity index (χ1v) is 5.76. The van der Waals surface area contributed by atoms with Crippen LogP contribution in [0.4, 0.5) is 0 Å². The molecular formula is C13H21NO3. The average molecular weight is 239 g/mol. The normalized spacial score (nSPS) is 11.9. The van der Waals surface area contributed by atoms with Crippen LogP contribution < -0.4 is 0 Å². The third-order valence-electron chi connectivity index (χ3n) is 2.30. The zero-order valence-electron chi connectivity index (χ0n) is 10.4. The van der Waals surface area contributed by atoms with Gasteiger partial charge in [-0.25, -0.2) is 0 Å². The molecule has 4 nitrogen and oxygen atoms in total. The topological polar surface area (TPSA) is 46.6 Å². The molecule has 0 N–H and O–H groups in total. The standard InChI is InChI=1S/C13H21NO3/c1-4-9-14(10-5-2)12(11-15)7-8-13(16)17-6-3/h4-5,11-12H,1-2,6-10H2,3H3/t12-/m0/s1. The van der Waals surface area contributed by atoms with Gasteiger partial charge < -0.3 is 9.53 Å². The van der Waals surface area contributed by atoms with Crippen molar-refractivity contribution in [3.05, 3.63) is 25.3 Å². The summed E-state index contributed by atoms with van der Waals surface area (Å²) < 4.78 is 4.82. The highest BCUT2D eigenvalue weighted by Crippen LogP contribution is 2.06. The summed E-state index contributed by atoms with van der Waals surface area (Å²) in [4.78, 5) is 24.1. The Morgan fingerprint density at radius 1 is 1.35 bits per heavy atom. The van der Waals surface area contributed by atoms with Crippen LogP contribution in [-0.2, 0) is 14.3 Å². The van der Waals surface area contributed by atoms with Crippen LogP contribution >= 0.6 is 0 Å². The van der Waals surface area contributed by atoms with E-state index in [1.165, 1.54) is 0 Å². The Labute approximate surface area is 103 Å². The largest absolute Gasteiger partial charge is 0.466 e. The molecule has 96 valence electrons. The van der Waals surface area contributed by atoms with Gasteiger partial charge in [0.2, 0.25) is 0 Å². The minimum absolute atomic E-state index is 0.252. The molecule has 0 fully saturated rings. The predicted molar refractivity (Wildman–Crippen MR) is 67.7 cm³/mol. The minimum Gasteiger partial charge on any atom is -0.466 e. The minimum atomic E-state index is -0.296. The van der Waals surface area contributed by atoms with Crippen molar-refractivity contribution in [1.82, 2.24) is 4.90 Å². The molecule has 0 aliphatic heterocycles. The summed E-state index contributed by atoms with van der Waals surface area (Å²) in [5, 5.41) is 0. The summed E-state index contributed by atoms with van der Waals surface area (Å²) in [6, 6.07) is -0.296. The Balaban J connectivity index is 4.26. The van der Waals surface area contributed by atoms with Crippen molar-refractivity contribution < 1.29 is 14.3 Å². The van der Waals surface area contributed by atoms with Crippen LogP contribution in [0.3, 0.4) is 0 Å². The van der Waals surface area contributed by atoms with E-state index in [4.69, 9.17) is 4.74 Å². The lowest BCUT2D eigenvalue weighted by Gasteiger charge is -2.25. The van der Waals surface area contributed by atoms with Crippen molar-refractivity contribution in [3.63, 3.8) is 0 Å². The molecule has 0 heterocycles. The van der Waals surface area contributed by atoms with E-state index < -0.39 is 0 Å². The third kappa shape index (κ3) is 6.68. The monoisotopic (exact) mass is 239 g/mol. The van der Waals surface area contributed by atoms with Crippen molar-refractivity contribution in [1.29, 1.82) is 0 Å². The van der Waals surface area contributed by atoms with Crippen LogP contribution in [0.15, 0.2) is 25.3 Å². The fourth-order valence-corrected chi connectivity index (χ4v) is 1.51. The molecule has 0 radical (unpaired) electrons. The number of carbonyl (C=O) groups excluding carboxylic acids is 2. The molecule has 0 spiro atoms. The van der Waals surface area contributed by atoms with Gasteiger partial charge in [-0.1, -0.05) is 12.2 Å². The number of rotatable bonds is 10. The fourth-order valence-electron chi connectivity index (χ4n) is 1.51. The molecule has 1 atom stereocenters. The van der Waals surface area contributed by atoms with Crippen LogP contribution in [0.1, 0.15) is 19.8 Å². The van der Waals surface area contributed by atoms with Crippen molar-refractivity contribution in [2.24, 2.45) is 0 Å². The molecule has 0 aliphatic rings. The molecule has 0 aliphatic carbocycles. The number of aldehydes is 1. The van der Waals surface area contributed by atoms with E-state index in [-0.39, 0.29) is 18.4 Å². The van der Waals surface area contributed by atoms with E-state index in [0.717, 1.165) is 6.29 Å². The smallest absolute Gasteiger partial charge is 0.305 e. The van der Waals surface area contributed by atoms with E-state index in [2.05, 4.69) is 13.2 Å². The SMILES string of the molecule is C=CCN(CC=C)[C@H](C=O)CCC(=O)OCC. The zero-order valence-corrected chi connectivity index (χ0v) is 10.4. The van der Waals surface area contributed by atoms with Gasteiger partial charge in [0.25, 0.3) is 0 Å². The van der Waals surface area contributed by atoms with Crippen molar-refractivity contribution in [2.75, 3.05) is 19.7 Å². The number of hydrogen-bond donors (Lipinski definition) is 0. The van der Waals surface area contributed by atoms with Crippen molar-refractivity contribution >= 4 is 12.3 Å². The summed E-state index contributed by atoms with van der Waals surface area (Å²) in [6.45, 7) is 10.6. The highest BCUT2D eigenvalue weighted by atomic mass is 16.5. The second-order valence-electron chi connectivity index (χ2n) is 3.58. The van der Waals surface area contributed by atoms with Crippen LogP contribution in [0.25, 0.3) is 0 Å². The summed E-state index contributed by atoms with van der Waals surface area (Å²) in [7, 11) is 0. The third-order valence-corrected chi connectivity index (χ3v) is 2.30. The average Bonchev–Trinajstić information content (AvgIpc) is 2.30. The van der Waals surface area contributed by atoms with Gasteiger partial charge in [0.05, 0.1) is 12.6 Å². The van der Waals surface area contributed by atoms with Gasteiger partial charge in [-0.15, -0.1) is 13.2 Å². The Bertz CT molecular complexity index is 253. The summed E-state index contributed by atoms with van der Waals surface area (Å²) in [5.74, 6) is -0.267. The maximum atomic E-state index is 11.2. The Morgan fingerprint density at radius 3 is 2.35 bits per heavy atom. The quantitative estimate of drug-likeness (QED) is 0.330. The van der Waals surface area contributed by atoms with Crippen LogP contribution in [0.2, 0.25) is 0 Å². The van der Waals surface area contributed by atoms with Gasteiger partial charge in [-0.3, -0.25) is 9.69 Å². The highest BCUT2D eigenvalue weighted by molar-refractivity contribution is 5.70. The number of esters is 1. The van der Waals surface area contributed by atoms with Gasteiger partial charge in [0, 0.05) is 19.5 Å². The lowest BCUT2D eigenvalue weighted by atomic mass is 10.1. The number of carbonyl (C=O) groups is 2. The predicted octanol–water partition coefficient (Wildman–Crippen LogP) is 1.57. The van der Waals surface area contributed by atoms with E-state index in [0.29, 0.717) is 26.1 Å².